The number of aliphatic hydroxyl groups is 1. The van der Waals surface area contributed by atoms with E-state index in [1.807, 2.05) is 38.1 Å². The van der Waals surface area contributed by atoms with Gasteiger partial charge >= 0.3 is 5.97 Å². The molecule has 1 heterocycles. The number of fused-ring (bicyclic) bond motifs is 1. The third kappa shape index (κ3) is 5.14. The quantitative estimate of drug-likeness (QED) is 0.380. The van der Waals surface area contributed by atoms with E-state index in [1.54, 1.807) is 32.2 Å². The summed E-state index contributed by atoms with van der Waals surface area (Å²) in [6, 6.07) is 6.47. The van der Waals surface area contributed by atoms with Crippen molar-refractivity contribution in [1.82, 2.24) is 10.3 Å². The van der Waals surface area contributed by atoms with E-state index in [0.717, 1.165) is 16.5 Å². The molecule has 1 aliphatic carbocycles. The van der Waals surface area contributed by atoms with Crippen LogP contribution < -0.4 is 5.32 Å². The van der Waals surface area contributed by atoms with Crippen LogP contribution in [-0.2, 0) is 20.8 Å². The highest BCUT2D eigenvalue weighted by Crippen LogP contribution is 2.44. The summed E-state index contributed by atoms with van der Waals surface area (Å²) in [7, 11) is 0. The molecule has 0 saturated carbocycles. The van der Waals surface area contributed by atoms with E-state index >= 15 is 0 Å². The molecule has 0 fully saturated rings. The van der Waals surface area contributed by atoms with Crippen molar-refractivity contribution in [3.05, 3.63) is 71.5 Å². The van der Waals surface area contributed by atoms with E-state index in [-0.39, 0.29) is 18.6 Å². The molecule has 0 unspecified atom stereocenters. The van der Waals surface area contributed by atoms with Crippen molar-refractivity contribution in [3.63, 3.8) is 0 Å². The van der Waals surface area contributed by atoms with Crippen molar-refractivity contribution < 1.29 is 24.6 Å². The van der Waals surface area contributed by atoms with Gasteiger partial charge in [0.15, 0.2) is 5.78 Å². The molecule has 0 radical (unpaired) electrons. The molecule has 2 aromatic rings. The number of rotatable bonds is 7. The van der Waals surface area contributed by atoms with Crippen molar-refractivity contribution in [1.29, 1.82) is 0 Å². The van der Waals surface area contributed by atoms with Gasteiger partial charge in [-0.05, 0) is 48.8 Å². The van der Waals surface area contributed by atoms with Gasteiger partial charge < -0.3 is 20.5 Å². The summed E-state index contributed by atoms with van der Waals surface area (Å²) in [6.45, 7) is 7.03. The maximum absolute atomic E-state index is 12.5. The van der Waals surface area contributed by atoms with Crippen molar-refractivity contribution in [2.75, 3.05) is 0 Å². The summed E-state index contributed by atoms with van der Waals surface area (Å²) in [5.41, 5.74) is 0.761. The number of carboxylic acids is 1. The number of aromatic amines is 1. The Hall–Kier alpha value is -3.45. The molecule has 0 saturated heterocycles. The fourth-order valence-electron chi connectivity index (χ4n) is 4.30. The van der Waals surface area contributed by atoms with Crippen molar-refractivity contribution in [2.45, 2.75) is 52.2 Å². The van der Waals surface area contributed by atoms with Crippen LogP contribution >= 0.6 is 0 Å². The molecular formula is C26H30N2O5. The number of para-hydroxylation sites is 1. The second-order valence-corrected chi connectivity index (χ2v) is 9.31. The number of aromatic nitrogens is 1. The van der Waals surface area contributed by atoms with Crippen LogP contribution in [-0.4, -0.2) is 44.5 Å². The van der Waals surface area contributed by atoms with Crippen LogP contribution in [0.4, 0.5) is 0 Å². The lowest BCUT2D eigenvalue weighted by atomic mass is 9.64. The highest BCUT2D eigenvalue weighted by molar-refractivity contribution is 5.93. The Morgan fingerprint density at radius 1 is 1.27 bits per heavy atom. The molecule has 7 heteroatoms. The number of hydrogen-bond donors (Lipinski definition) is 4. The van der Waals surface area contributed by atoms with Crippen LogP contribution in [0.25, 0.3) is 10.9 Å². The molecule has 33 heavy (non-hydrogen) atoms. The van der Waals surface area contributed by atoms with Crippen molar-refractivity contribution >= 4 is 28.6 Å². The van der Waals surface area contributed by atoms with Crippen LogP contribution in [0.5, 0.6) is 0 Å². The molecule has 0 aliphatic heterocycles. The first-order valence-corrected chi connectivity index (χ1v) is 10.8. The monoisotopic (exact) mass is 450 g/mol. The third-order valence-corrected chi connectivity index (χ3v) is 6.29. The van der Waals surface area contributed by atoms with Gasteiger partial charge in [-0.2, -0.15) is 0 Å². The molecular weight excluding hydrogens is 420 g/mol. The minimum Gasteiger partial charge on any atom is -0.480 e. The summed E-state index contributed by atoms with van der Waals surface area (Å²) in [5, 5.41) is 24.3. The number of H-pyrrole nitrogens is 1. The zero-order valence-electron chi connectivity index (χ0n) is 19.3. The zero-order valence-corrected chi connectivity index (χ0v) is 19.3. The summed E-state index contributed by atoms with van der Waals surface area (Å²) in [5.74, 6) is -1.70. The van der Waals surface area contributed by atoms with Gasteiger partial charge in [-0.1, -0.05) is 38.1 Å². The number of ketones is 1. The predicted molar refractivity (Wildman–Crippen MR) is 127 cm³/mol. The summed E-state index contributed by atoms with van der Waals surface area (Å²) in [4.78, 5) is 39.3. The second-order valence-electron chi connectivity index (χ2n) is 9.31. The number of carbonyl (C=O) groups is 3. The zero-order chi connectivity index (χ0) is 24.4. The minimum atomic E-state index is -1.33. The van der Waals surface area contributed by atoms with E-state index in [9.17, 15) is 24.6 Å². The molecule has 0 bridgehead atoms. The highest BCUT2D eigenvalue weighted by atomic mass is 16.4. The first-order chi connectivity index (χ1) is 15.4. The number of amides is 1. The van der Waals surface area contributed by atoms with Gasteiger partial charge in [-0.25, -0.2) is 4.79 Å². The van der Waals surface area contributed by atoms with E-state index in [1.165, 1.54) is 12.2 Å². The van der Waals surface area contributed by atoms with Gasteiger partial charge in [0.2, 0.25) is 5.91 Å². The molecule has 174 valence electrons. The first kappa shape index (κ1) is 24.2. The first-order valence-electron chi connectivity index (χ1n) is 10.8. The maximum Gasteiger partial charge on any atom is 0.326 e. The lowest BCUT2D eigenvalue weighted by Gasteiger charge is -2.44. The van der Waals surface area contributed by atoms with Gasteiger partial charge in [0.05, 0.1) is 0 Å². The van der Waals surface area contributed by atoms with Gasteiger partial charge in [0.1, 0.15) is 11.6 Å². The van der Waals surface area contributed by atoms with Crippen LogP contribution in [0.1, 0.15) is 39.7 Å². The average molecular weight is 451 g/mol. The van der Waals surface area contributed by atoms with Crippen molar-refractivity contribution in [3.8, 4) is 0 Å². The number of carbonyl (C=O) groups excluding carboxylic acids is 2. The smallest absolute Gasteiger partial charge is 0.326 e. The minimum absolute atomic E-state index is 0.0304. The molecule has 1 aromatic heterocycles. The Morgan fingerprint density at radius 2 is 1.97 bits per heavy atom. The number of nitrogens with one attached hydrogen (secondary N) is 2. The fraction of sp³-hybridized carbons (Fsp3) is 0.346. The topological polar surface area (TPSA) is 119 Å². The molecule has 7 nitrogen and oxygen atoms in total. The molecule has 4 N–H and O–H groups in total. The van der Waals surface area contributed by atoms with Crippen molar-refractivity contribution in [2.24, 2.45) is 5.41 Å². The highest BCUT2D eigenvalue weighted by Gasteiger charge is 2.46. The van der Waals surface area contributed by atoms with Gasteiger partial charge in [-0.3, -0.25) is 9.59 Å². The van der Waals surface area contributed by atoms with Gasteiger partial charge in [0, 0.05) is 41.4 Å². The molecule has 1 aromatic carbocycles. The molecule has 0 spiro atoms. The van der Waals surface area contributed by atoms with E-state index in [2.05, 4.69) is 10.3 Å². The van der Waals surface area contributed by atoms with E-state index < -0.39 is 28.9 Å². The Labute approximate surface area is 192 Å². The van der Waals surface area contributed by atoms with E-state index in [0.29, 0.717) is 11.1 Å². The number of allylic oxidation sites excluding steroid dienone is 3. The summed E-state index contributed by atoms with van der Waals surface area (Å²) >= 11 is 0. The average Bonchev–Trinajstić information content (AvgIpc) is 3.12. The van der Waals surface area contributed by atoms with Gasteiger partial charge in [-0.15, -0.1) is 0 Å². The SMILES string of the molecule is CC1=CC(=O)CC(C)(C)[C@@]1(O)/C=C/C(C)=C\C(=O)N[C@@H](Cc1c[nH]c2ccccc12)C(=O)O. The van der Waals surface area contributed by atoms with Gasteiger partial charge in [0.25, 0.3) is 0 Å². The Morgan fingerprint density at radius 3 is 2.64 bits per heavy atom. The van der Waals surface area contributed by atoms with E-state index in [4.69, 9.17) is 0 Å². The molecule has 1 aliphatic rings. The maximum atomic E-state index is 12.5. The standard InChI is InChI=1S/C26H30N2O5/c1-16(9-10-26(33)17(2)12-19(29)14-25(26,3)4)11-23(30)28-22(24(31)32)13-18-15-27-21-8-6-5-7-20(18)21/h5-12,15,22,27,33H,13-14H2,1-4H3,(H,28,30)(H,31,32)/b10-9+,16-11-/t22-,26+/m0/s1. The van der Waals surface area contributed by atoms with Crippen LogP contribution in [0.3, 0.4) is 0 Å². The lowest BCUT2D eigenvalue weighted by molar-refractivity contribution is -0.141. The Kier molecular flexibility index (Phi) is 6.74. The third-order valence-electron chi connectivity index (χ3n) is 6.29. The number of carboxylic acid groups (broad SMARTS) is 1. The fourth-order valence-corrected chi connectivity index (χ4v) is 4.30. The largest absolute Gasteiger partial charge is 0.480 e. The number of benzene rings is 1. The molecule has 1 amide bonds. The van der Waals surface area contributed by atoms with Crippen LogP contribution in [0.15, 0.2) is 65.9 Å². The number of aliphatic carboxylic acids is 1. The predicted octanol–water partition coefficient (Wildman–Crippen LogP) is 3.46. The number of hydrogen-bond acceptors (Lipinski definition) is 4. The second kappa shape index (κ2) is 9.19. The molecule has 3 rings (SSSR count). The Balaban J connectivity index is 1.73. The molecule has 2 atom stereocenters. The summed E-state index contributed by atoms with van der Waals surface area (Å²) in [6.07, 6.45) is 8.05. The lowest BCUT2D eigenvalue weighted by Crippen LogP contribution is -2.48. The normalized spacial score (nSPS) is 21.8. The van der Waals surface area contributed by atoms with Crippen LogP contribution in [0.2, 0.25) is 0 Å². The van der Waals surface area contributed by atoms with Crippen LogP contribution in [0, 0.1) is 5.41 Å². The Bertz CT molecular complexity index is 1180. The summed E-state index contributed by atoms with van der Waals surface area (Å²) < 4.78 is 0.